The van der Waals surface area contributed by atoms with Crippen molar-refractivity contribution in [3.8, 4) is 0 Å². The summed E-state index contributed by atoms with van der Waals surface area (Å²) in [4.78, 5) is 0.781. The van der Waals surface area contributed by atoms with Crippen LogP contribution in [0.2, 0.25) is 0 Å². The van der Waals surface area contributed by atoms with E-state index >= 15 is 0 Å². The molecule has 1 aliphatic heterocycles. The number of thioether (sulfide) groups is 1. The highest BCUT2D eigenvalue weighted by atomic mass is 32.2. The van der Waals surface area contributed by atoms with Crippen LogP contribution in [0.15, 0.2) is 59.0 Å². The molecule has 1 aromatic rings. The van der Waals surface area contributed by atoms with E-state index in [2.05, 4.69) is 19.6 Å². The lowest BCUT2D eigenvalue weighted by molar-refractivity contribution is 0.595. The second kappa shape index (κ2) is 5.57. The summed E-state index contributed by atoms with van der Waals surface area (Å²) in [5.74, 6) is 0.869. The molecule has 1 aromatic carbocycles. The fraction of sp³-hybridized carbons (Fsp3) is 0.250. The van der Waals surface area contributed by atoms with E-state index in [1.165, 1.54) is 17.2 Å². The number of allylic oxidation sites excluding steroid dienone is 4. The zero-order valence-corrected chi connectivity index (χ0v) is 11.6. The Balaban J connectivity index is 2.57. The van der Waals surface area contributed by atoms with Gasteiger partial charge in [0.1, 0.15) is 5.82 Å². The zero-order chi connectivity index (χ0) is 13.1. The van der Waals surface area contributed by atoms with Crippen molar-refractivity contribution in [2.24, 2.45) is 0 Å². The fourth-order valence-electron chi connectivity index (χ4n) is 2.35. The molecule has 1 aliphatic rings. The molecule has 0 aromatic heterocycles. The second-order valence-electron chi connectivity index (χ2n) is 4.35. The van der Waals surface area contributed by atoms with Crippen molar-refractivity contribution >= 4 is 11.8 Å². The monoisotopic (exact) mass is 260 g/mol. The highest BCUT2D eigenvalue weighted by Gasteiger charge is 2.22. The Morgan fingerprint density at radius 1 is 1.44 bits per heavy atom. The van der Waals surface area contributed by atoms with Crippen LogP contribution < -0.4 is 0 Å². The molecule has 1 atom stereocenters. The predicted octanol–water partition coefficient (Wildman–Crippen LogP) is 5.09. The summed E-state index contributed by atoms with van der Waals surface area (Å²) in [6.45, 7) is 8.03. The maximum absolute atomic E-state index is 13.9. The molecule has 2 rings (SSSR count). The Bertz CT molecular complexity index is 526. The smallest absolute Gasteiger partial charge is 0.137 e. The summed E-state index contributed by atoms with van der Waals surface area (Å²) in [6.07, 6.45) is 6.03. The first kappa shape index (κ1) is 13.2. The van der Waals surface area contributed by atoms with E-state index in [-0.39, 0.29) is 11.7 Å². The fourth-order valence-corrected chi connectivity index (χ4v) is 3.53. The van der Waals surface area contributed by atoms with Gasteiger partial charge in [0.25, 0.3) is 0 Å². The van der Waals surface area contributed by atoms with Gasteiger partial charge in [-0.3, -0.25) is 0 Å². The van der Waals surface area contributed by atoms with Crippen LogP contribution in [0.25, 0.3) is 0 Å². The molecular weight excluding hydrogens is 243 g/mol. The maximum Gasteiger partial charge on any atom is 0.137 e. The number of hydrogen-bond donors (Lipinski definition) is 0. The normalized spacial score (nSPS) is 19.8. The van der Waals surface area contributed by atoms with Crippen molar-refractivity contribution in [1.29, 1.82) is 0 Å². The van der Waals surface area contributed by atoms with Crippen molar-refractivity contribution in [3.63, 3.8) is 0 Å². The van der Waals surface area contributed by atoms with Gasteiger partial charge in [-0.15, -0.1) is 11.8 Å². The van der Waals surface area contributed by atoms with Crippen LogP contribution in [0, 0.1) is 5.82 Å². The molecule has 0 saturated carbocycles. The average Bonchev–Trinajstić information content (AvgIpc) is 2.49. The molecule has 0 fully saturated rings. The van der Waals surface area contributed by atoms with Gasteiger partial charge in [-0.2, -0.15) is 0 Å². The Kier molecular flexibility index (Phi) is 4.07. The molecule has 0 amide bonds. The van der Waals surface area contributed by atoms with Crippen LogP contribution in [-0.4, -0.2) is 5.75 Å². The summed E-state index contributed by atoms with van der Waals surface area (Å²) in [5, 5.41) is 0. The molecule has 18 heavy (non-hydrogen) atoms. The van der Waals surface area contributed by atoms with Crippen LogP contribution in [0.3, 0.4) is 0 Å². The van der Waals surface area contributed by atoms with E-state index < -0.39 is 0 Å². The van der Waals surface area contributed by atoms with E-state index in [1.54, 1.807) is 17.8 Å². The van der Waals surface area contributed by atoms with Gasteiger partial charge in [0, 0.05) is 16.6 Å². The predicted molar refractivity (Wildman–Crippen MR) is 77.6 cm³/mol. The number of benzene rings is 1. The Hall–Kier alpha value is -1.28. The SMILES string of the molecule is C=CC1=C(/C=C\C)CSc2c(F)cccc2C1C. The van der Waals surface area contributed by atoms with Crippen LogP contribution in [0.1, 0.15) is 25.3 Å². The van der Waals surface area contributed by atoms with Crippen molar-refractivity contribution in [2.75, 3.05) is 5.75 Å². The summed E-state index contributed by atoms with van der Waals surface area (Å²) >= 11 is 1.58. The molecule has 0 bridgehead atoms. The van der Waals surface area contributed by atoms with Crippen molar-refractivity contribution in [2.45, 2.75) is 24.7 Å². The third-order valence-corrected chi connectivity index (χ3v) is 4.44. The molecule has 94 valence electrons. The highest BCUT2D eigenvalue weighted by Crippen LogP contribution is 2.40. The lowest BCUT2D eigenvalue weighted by atomic mass is 9.89. The summed E-state index contributed by atoms with van der Waals surface area (Å²) in [5.41, 5.74) is 3.50. The lowest BCUT2D eigenvalue weighted by Gasteiger charge is -2.15. The van der Waals surface area contributed by atoms with E-state index in [4.69, 9.17) is 0 Å². The number of rotatable bonds is 2. The van der Waals surface area contributed by atoms with E-state index in [0.717, 1.165) is 16.2 Å². The molecular formula is C16H17FS. The minimum atomic E-state index is -0.116. The van der Waals surface area contributed by atoms with Crippen molar-refractivity contribution in [3.05, 3.63) is 65.5 Å². The van der Waals surface area contributed by atoms with Crippen LogP contribution in [0.5, 0.6) is 0 Å². The van der Waals surface area contributed by atoms with Gasteiger partial charge in [-0.05, 0) is 29.7 Å². The Morgan fingerprint density at radius 2 is 2.22 bits per heavy atom. The molecule has 1 heterocycles. The standard InChI is InChI=1S/C16H17FS/c1-4-7-12-10-18-16-14(8-6-9-15(16)17)11(3)13(12)5-2/h4-9,11H,2,10H2,1,3H3/b7-4-. The minimum absolute atomic E-state index is 0.116. The lowest BCUT2D eigenvalue weighted by Crippen LogP contribution is -1.99. The van der Waals surface area contributed by atoms with E-state index in [0.29, 0.717) is 0 Å². The summed E-state index contributed by atoms with van der Waals surface area (Å²) in [6, 6.07) is 5.33. The van der Waals surface area contributed by atoms with Gasteiger partial charge in [0.05, 0.1) is 0 Å². The molecule has 0 aliphatic carbocycles. The number of hydrogen-bond acceptors (Lipinski definition) is 1. The first-order valence-electron chi connectivity index (χ1n) is 6.08. The maximum atomic E-state index is 13.9. The first-order valence-corrected chi connectivity index (χ1v) is 7.07. The molecule has 0 spiro atoms. The third-order valence-electron chi connectivity index (χ3n) is 3.26. The van der Waals surface area contributed by atoms with Crippen LogP contribution in [0.4, 0.5) is 4.39 Å². The van der Waals surface area contributed by atoms with Gasteiger partial charge in [0.15, 0.2) is 0 Å². The zero-order valence-electron chi connectivity index (χ0n) is 10.7. The first-order chi connectivity index (χ1) is 8.69. The topological polar surface area (TPSA) is 0 Å². The minimum Gasteiger partial charge on any atom is -0.206 e. The number of halogens is 1. The van der Waals surface area contributed by atoms with E-state index in [1.807, 2.05) is 25.1 Å². The van der Waals surface area contributed by atoms with Crippen molar-refractivity contribution < 1.29 is 4.39 Å². The van der Waals surface area contributed by atoms with Gasteiger partial charge in [-0.1, -0.05) is 43.9 Å². The molecule has 0 radical (unpaired) electrons. The van der Waals surface area contributed by atoms with Gasteiger partial charge in [-0.25, -0.2) is 4.39 Å². The van der Waals surface area contributed by atoms with Crippen LogP contribution >= 0.6 is 11.8 Å². The quantitative estimate of drug-likeness (QED) is 0.713. The highest BCUT2D eigenvalue weighted by molar-refractivity contribution is 7.99. The molecule has 1 unspecified atom stereocenters. The molecule has 0 N–H and O–H groups in total. The van der Waals surface area contributed by atoms with Gasteiger partial charge < -0.3 is 0 Å². The summed E-state index contributed by atoms with van der Waals surface area (Å²) < 4.78 is 13.9. The molecule has 0 saturated heterocycles. The largest absolute Gasteiger partial charge is 0.206 e. The molecule has 0 nitrogen and oxygen atoms in total. The number of fused-ring (bicyclic) bond motifs is 1. The average molecular weight is 260 g/mol. The van der Waals surface area contributed by atoms with Gasteiger partial charge in [0.2, 0.25) is 0 Å². The summed E-state index contributed by atoms with van der Waals surface area (Å²) in [7, 11) is 0. The Morgan fingerprint density at radius 3 is 2.89 bits per heavy atom. The second-order valence-corrected chi connectivity index (χ2v) is 5.34. The third kappa shape index (κ3) is 2.30. The van der Waals surface area contributed by atoms with Crippen LogP contribution in [-0.2, 0) is 0 Å². The Labute approximate surface area is 112 Å². The van der Waals surface area contributed by atoms with Crippen molar-refractivity contribution in [1.82, 2.24) is 0 Å². The van der Waals surface area contributed by atoms with E-state index in [9.17, 15) is 4.39 Å². The van der Waals surface area contributed by atoms with Gasteiger partial charge >= 0.3 is 0 Å². The molecule has 2 heteroatoms.